The molecule has 2 aromatic carbocycles. The van der Waals surface area contributed by atoms with Crippen LogP contribution in [0.15, 0.2) is 54.6 Å². The molecule has 0 aliphatic rings. The largest absolute Gasteiger partial charge is 0.465 e. The highest BCUT2D eigenvalue weighted by molar-refractivity contribution is 6.07. The molecule has 3 aromatic rings. The van der Waals surface area contributed by atoms with Gasteiger partial charge in [0.2, 0.25) is 0 Å². The van der Waals surface area contributed by atoms with Crippen LogP contribution >= 0.6 is 0 Å². The van der Waals surface area contributed by atoms with Crippen molar-refractivity contribution in [2.45, 2.75) is 13.8 Å². The molecule has 0 spiro atoms. The third-order valence-corrected chi connectivity index (χ3v) is 4.16. The SMILES string of the molecule is COC(=O)c1c(C)[nH]c(C(=O)Nc2ccccc2Oc2ccccc2)c1C. The first-order valence-electron chi connectivity index (χ1n) is 8.42. The number of nitrogens with one attached hydrogen (secondary N) is 2. The summed E-state index contributed by atoms with van der Waals surface area (Å²) in [6.07, 6.45) is 0. The lowest BCUT2D eigenvalue weighted by Gasteiger charge is -2.12. The quantitative estimate of drug-likeness (QED) is 0.655. The van der Waals surface area contributed by atoms with Gasteiger partial charge in [0.15, 0.2) is 5.75 Å². The fourth-order valence-electron chi connectivity index (χ4n) is 2.84. The molecule has 1 aromatic heterocycles. The summed E-state index contributed by atoms with van der Waals surface area (Å²) >= 11 is 0. The summed E-state index contributed by atoms with van der Waals surface area (Å²) in [6.45, 7) is 3.43. The Morgan fingerprint density at radius 1 is 0.963 bits per heavy atom. The van der Waals surface area contributed by atoms with Crippen molar-refractivity contribution < 1.29 is 19.1 Å². The maximum Gasteiger partial charge on any atom is 0.339 e. The van der Waals surface area contributed by atoms with E-state index in [1.165, 1.54) is 7.11 Å². The van der Waals surface area contributed by atoms with E-state index in [-0.39, 0.29) is 5.91 Å². The number of amides is 1. The van der Waals surface area contributed by atoms with Crippen molar-refractivity contribution in [3.05, 3.63) is 77.1 Å². The molecule has 0 aliphatic carbocycles. The summed E-state index contributed by atoms with van der Waals surface area (Å²) in [4.78, 5) is 27.6. The van der Waals surface area contributed by atoms with E-state index in [1.54, 1.807) is 32.0 Å². The number of methoxy groups -OCH3 is 1. The molecule has 0 aliphatic heterocycles. The van der Waals surface area contributed by atoms with Crippen molar-refractivity contribution in [2.24, 2.45) is 0 Å². The molecule has 138 valence electrons. The van der Waals surface area contributed by atoms with Gasteiger partial charge in [0.05, 0.1) is 18.4 Å². The van der Waals surface area contributed by atoms with Crippen LogP contribution in [-0.4, -0.2) is 24.0 Å². The number of aryl methyl sites for hydroxylation is 1. The standard InChI is InChI=1S/C21H20N2O4/c1-13-18(21(25)26-3)14(2)22-19(13)20(24)23-16-11-7-8-12-17(16)27-15-9-5-4-6-10-15/h4-12,22H,1-3H3,(H,23,24). The third kappa shape index (κ3) is 3.84. The number of para-hydroxylation sites is 3. The number of aromatic amines is 1. The summed E-state index contributed by atoms with van der Waals surface area (Å²) in [6, 6.07) is 16.5. The van der Waals surface area contributed by atoms with E-state index in [0.717, 1.165) is 0 Å². The molecule has 6 heteroatoms. The van der Waals surface area contributed by atoms with Gasteiger partial charge < -0.3 is 19.8 Å². The predicted octanol–water partition coefficient (Wildman–Crippen LogP) is 4.46. The number of anilines is 1. The van der Waals surface area contributed by atoms with Crippen molar-refractivity contribution in [2.75, 3.05) is 12.4 Å². The Balaban J connectivity index is 1.86. The van der Waals surface area contributed by atoms with Crippen molar-refractivity contribution in [3.8, 4) is 11.5 Å². The van der Waals surface area contributed by atoms with E-state index >= 15 is 0 Å². The summed E-state index contributed by atoms with van der Waals surface area (Å²) < 4.78 is 10.6. The topological polar surface area (TPSA) is 80.4 Å². The Labute approximate surface area is 157 Å². The maximum absolute atomic E-state index is 12.8. The molecule has 0 atom stereocenters. The van der Waals surface area contributed by atoms with Crippen LogP contribution < -0.4 is 10.1 Å². The van der Waals surface area contributed by atoms with Gasteiger partial charge >= 0.3 is 5.97 Å². The average Bonchev–Trinajstić information content (AvgIpc) is 2.98. The lowest BCUT2D eigenvalue weighted by atomic mass is 10.1. The average molecular weight is 364 g/mol. The number of aromatic nitrogens is 1. The number of hydrogen-bond acceptors (Lipinski definition) is 4. The lowest BCUT2D eigenvalue weighted by molar-refractivity contribution is 0.0599. The Bertz CT molecular complexity index is 977. The minimum atomic E-state index is -0.479. The molecule has 0 fully saturated rings. The zero-order chi connectivity index (χ0) is 19.4. The number of H-pyrrole nitrogens is 1. The van der Waals surface area contributed by atoms with Crippen molar-refractivity contribution in [3.63, 3.8) is 0 Å². The Hall–Kier alpha value is -3.54. The van der Waals surface area contributed by atoms with E-state index in [4.69, 9.17) is 9.47 Å². The number of carbonyl (C=O) groups excluding carboxylic acids is 2. The van der Waals surface area contributed by atoms with Crippen LogP contribution in [0, 0.1) is 13.8 Å². The fourth-order valence-corrected chi connectivity index (χ4v) is 2.84. The second-order valence-electron chi connectivity index (χ2n) is 5.98. The molecule has 0 saturated carbocycles. The van der Waals surface area contributed by atoms with E-state index in [0.29, 0.717) is 39.7 Å². The molecular formula is C21H20N2O4. The van der Waals surface area contributed by atoms with E-state index in [9.17, 15) is 9.59 Å². The first kappa shape index (κ1) is 18.3. The zero-order valence-electron chi connectivity index (χ0n) is 15.3. The van der Waals surface area contributed by atoms with Crippen molar-refractivity contribution in [1.82, 2.24) is 4.98 Å². The normalized spacial score (nSPS) is 10.3. The Kier molecular flexibility index (Phi) is 5.26. The van der Waals surface area contributed by atoms with Gasteiger partial charge in [-0.05, 0) is 43.7 Å². The van der Waals surface area contributed by atoms with E-state index < -0.39 is 5.97 Å². The first-order valence-corrected chi connectivity index (χ1v) is 8.42. The van der Waals surface area contributed by atoms with Crippen LogP contribution in [0.4, 0.5) is 5.69 Å². The molecule has 0 unspecified atom stereocenters. The minimum absolute atomic E-state index is 0.308. The molecule has 0 saturated heterocycles. The van der Waals surface area contributed by atoms with E-state index in [1.807, 2.05) is 36.4 Å². The van der Waals surface area contributed by atoms with Crippen molar-refractivity contribution >= 4 is 17.6 Å². The summed E-state index contributed by atoms with van der Waals surface area (Å²) in [5.74, 6) is 0.341. The number of benzene rings is 2. The molecule has 6 nitrogen and oxygen atoms in total. The van der Waals surface area contributed by atoms with Gasteiger partial charge in [0, 0.05) is 5.69 Å². The molecule has 0 radical (unpaired) electrons. The van der Waals surface area contributed by atoms with Crippen molar-refractivity contribution in [1.29, 1.82) is 0 Å². The fraction of sp³-hybridized carbons (Fsp3) is 0.143. The Morgan fingerprint density at radius 3 is 2.33 bits per heavy atom. The van der Waals surface area contributed by atoms with Crippen LogP contribution in [0.5, 0.6) is 11.5 Å². The zero-order valence-corrected chi connectivity index (χ0v) is 15.3. The van der Waals surface area contributed by atoms with E-state index in [2.05, 4.69) is 10.3 Å². The van der Waals surface area contributed by atoms with Crippen LogP contribution in [0.25, 0.3) is 0 Å². The summed E-state index contributed by atoms with van der Waals surface area (Å²) in [7, 11) is 1.31. The predicted molar refractivity (Wildman–Crippen MR) is 103 cm³/mol. The first-order chi connectivity index (χ1) is 13.0. The van der Waals surface area contributed by atoms with Gasteiger partial charge in [-0.25, -0.2) is 4.79 Å². The van der Waals surface area contributed by atoms with Gasteiger partial charge in [0.1, 0.15) is 11.4 Å². The van der Waals surface area contributed by atoms with Gasteiger partial charge in [-0.3, -0.25) is 4.79 Å². The maximum atomic E-state index is 12.8. The smallest absolute Gasteiger partial charge is 0.339 e. The number of hydrogen-bond donors (Lipinski definition) is 2. The second kappa shape index (κ2) is 7.78. The molecular weight excluding hydrogens is 344 g/mol. The molecule has 0 bridgehead atoms. The molecule has 2 N–H and O–H groups in total. The van der Waals surface area contributed by atoms with Gasteiger partial charge in [0.25, 0.3) is 5.91 Å². The van der Waals surface area contributed by atoms with Crippen LogP contribution in [0.1, 0.15) is 32.1 Å². The van der Waals surface area contributed by atoms with Crippen LogP contribution in [-0.2, 0) is 4.74 Å². The second-order valence-corrected chi connectivity index (χ2v) is 5.98. The molecule has 1 heterocycles. The Morgan fingerprint density at radius 2 is 1.63 bits per heavy atom. The molecule has 27 heavy (non-hydrogen) atoms. The summed E-state index contributed by atoms with van der Waals surface area (Å²) in [5.41, 5.74) is 2.33. The molecule has 1 amide bonds. The lowest BCUT2D eigenvalue weighted by Crippen LogP contribution is -2.14. The summed E-state index contributed by atoms with van der Waals surface area (Å²) in [5, 5.41) is 2.84. The molecule has 3 rings (SSSR count). The minimum Gasteiger partial charge on any atom is -0.465 e. The van der Waals surface area contributed by atoms with Gasteiger partial charge in [-0.15, -0.1) is 0 Å². The highest BCUT2D eigenvalue weighted by Crippen LogP contribution is 2.30. The number of carbonyl (C=O) groups is 2. The van der Waals surface area contributed by atoms with Gasteiger partial charge in [-0.2, -0.15) is 0 Å². The number of rotatable bonds is 5. The number of esters is 1. The monoisotopic (exact) mass is 364 g/mol. The van der Waals surface area contributed by atoms with Crippen LogP contribution in [0.3, 0.4) is 0 Å². The highest BCUT2D eigenvalue weighted by atomic mass is 16.5. The highest BCUT2D eigenvalue weighted by Gasteiger charge is 2.23. The number of ether oxygens (including phenoxy) is 2. The van der Waals surface area contributed by atoms with Gasteiger partial charge in [-0.1, -0.05) is 30.3 Å². The van der Waals surface area contributed by atoms with Crippen LogP contribution in [0.2, 0.25) is 0 Å². The third-order valence-electron chi connectivity index (χ3n) is 4.16.